The molecule has 0 bridgehead atoms. The molecule has 0 spiro atoms. The largest absolute Gasteiger partial charge is 0.350 e. The lowest BCUT2D eigenvalue weighted by Crippen LogP contribution is -2.38. The Kier molecular flexibility index (Phi) is 4.79. The molecule has 1 aliphatic rings. The van der Waals surface area contributed by atoms with Crippen LogP contribution in [0.25, 0.3) is 5.65 Å². The van der Waals surface area contributed by atoms with Gasteiger partial charge < -0.3 is 0 Å². The van der Waals surface area contributed by atoms with Gasteiger partial charge in [0.05, 0.1) is 11.4 Å². The van der Waals surface area contributed by atoms with Crippen LogP contribution in [0.3, 0.4) is 0 Å². The van der Waals surface area contributed by atoms with E-state index in [1.165, 1.54) is 43.9 Å². The van der Waals surface area contributed by atoms with Gasteiger partial charge in [0.1, 0.15) is 5.82 Å². The van der Waals surface area contributed by atoms with Crippen molar-refractivity contribution >= 4 is 27.4 Å². The Balaban J connectivity index is 1.69. The highest BCUT2D eigenvalue weighted by atomic mass is 32.2. The number of hydrogen-bond acceptors (Lipinski definition) is 5. The van der Waals surface area contributed by atoms with Crippen LogP contribution in [-0.2, 0) is 16.6 Å². The van der Waals surface area contributed by atoms with Crippen molar-refractivity contribution in [3.63, 3.8) is 0 Å². The van der Waals surface area contributed by atoms with Crippen LogP contribution < -0.4 is 5.69 Å². The van der Waals surface area contributed by atoms with E-state index in [1.807, 2.05) is 0 Å². The molecule has 2 aromatic heterocycles. The molecule has 1 fully saturated rings. The van der Waals surface area contributed by atoms with Crippen LogP contribution in [0.5, 0.6) is 0 Å². The van der Waals surface area contributed by atoms with Gasteiger partial charge in [-0.2, -0.15) is 16.1 Å². The molecule has 4 rings (SSSR count). The van der Waals surface area contributed by atoms with Crippen molar-refractivity contribution in [2.75, 3.05) is 24.6 Å². The van der Waals surface area contributed by atoms with E-state index in [2.05, 4.69) is 5.10 Å². The number of rotatable bonds is 4. The van der Waals surface area contributed by atoms with E-state index in [0.717, 1.165) is 17.1 Å². The number of benzene rings is 1. The van der Waals surface area contributed by atoms with Crippen molar-refractivity contribution < 1.29 is 12.8 Å². The van der Waals surface area contributed by atoms with E-state index in [9.17, 15) is 17.6 Å². The highest BCUT2D eigenvalue weighted by Crippen LogP contribution is 2.20. The molecule has 27 heavy (non-hydrogen) atoms. The van der Waals surface area contributed by atoms with E-state index < -0.39 is 15.7 Å². The number of fused-ring (bicyclic) bond motifs is 1. The maximum atomic E-state index is 13.0. The van der Waals surface area contributed by atoms with Crippen LogP contribution in [0.1, 0.15) is 5.56 Å². The summed E-state index contributed by atoms with van der Waals surface area (Å²) in [6.45, 7) is 1.10. The number of thioether (sulfide) groups is 1. The topological polar surface area (TPSA) is 76.7 Å². The predicted octanol–water partition coefficient (Wildman–Crippen LogP) is 1.42. The maximum absolute atomic E-state index is 13.0. The van der Waals surface area contributed by atoms with Crippen molar-refractivity contribution in [2.45, 2.75) is 11.4 Å². The van der Waals surface area contributed by atoms with Crippen LogP contribution in [-0.4, -0.2) is 51.5 Å². The molecule has 0 N–H and O–H groups in total. The summed E-state index contributed by atoms with van der Waals surface area (Å²) in [6.07, 6.45) is 1.32. The Labute approximate surface area is 159 Å². The van der Waals surface area contributed by atoms with Gasteiger partial charge in [-0.05, 0) is 29.8 Å². The fourth-order valence-corrected chi connectivity index (χ4v) is 5.53. The highest BCUT2D eigenvalue weighted by Gasteiger charge is 2.27. The van der Waals surface area contributed by atoms with Gasteiger partial charge in [-0.25, -0.2) is 26.7 Å². The molecule has 1 aromatic carbocycles. The summed E-state index contributed by atoms with van der Waals surface area (Å²) in [4.78, 5) is 12.7. The molecule has 1 aliphatic heterocycles. The molecule has 0 atom stereocenters. The molecule has 3 heterocycles. The first-order valence-corrected chi connectivity index (χ1v) is 11.0. The lowest BCUT2D eigenvalue weighted by Gasteiger charge is -2.25. The molecule has 7 nitrogen and oxygen atoms in total. The summed E-state index contributed by atoms with van der Waals surface area (Å²) in [7, 11) is -3.64. The van der Waals surface area contributed by atoms with E-state index >= 15 is 0 Å². The van der Waals surface area contributed by atoms with Crippen LogP contribution in [0.2, 0.25) is 0 Å². The molecular weight excluding hydrogens is 391 g/mol. The van der Waals surface area contributed by atoms with Crippen LogP contribution in [0.15, 0.2) is 52.3 Å². The molecule has 10 heteroatoms. The number of halogens is 1. The zero-order valence-corrected chi connectivity index (χ0v) is 15.9. The molecule has 3 aromatic rings. The summed E-state index contributed by atoms with van der Waals surface area (Å²) >= 11 is 1.72. The molecule has 1 saturated heterocycles. The number of pyridine rings is 1. The van der Waals surface area contributed by atoms with Crippen molar-refractivity contribution in [1.29, 1.82) is 0 Å². The van der Waals surface area contributed by atoms with Crippen molar-refractivity contribution in [3.8, 4) is 0 Å². The summed E-state index contributed by atoms with van der Waals surface area (Å²) in [5.41, 5.74) is 0.636. The minimum absolute atomic E-state index is 0.0744. The van der Waals surface area contributed by atoms with Gasteiger partial charge in [-0.15, -0.1) is 5.10 Å². The minimum atomic E-state index is -3.64. The normalized spacial score (nSPS) is 16.0. The number of hydrogen-bond donors (Lipinski definition) is 0. The summed E-state index contributed by atoms with van der Waals surface area (Å²) in [6, 6.07) is 8.79. The first-order chi connectivity index (χ1) is 12.9. The van der Waals surface area contributed by atoms with Gasteiger partial charge in [0, 0.05) is 30.8 Å². The number of sulfonamides is 1. The van der Waals surface area contributed by atoms with Crippen molar-refractivity contribution in [2.24, 2.45) is 0 Å². The average molecular weight is 408 g/mol. The number of aromatic nitrogens is 3. The Morgan fingerprint density at radius 1 is 1.07 bits per heavy atom. The zero-order chi connectivity index (χ0) is 19.0. The lowest BCUT2D eigenvalue weighted by molar-refractivity contribution is 0.443. The number of nitrogens with zero attached hydrogens (tertiary/aromatic N) is 4. The Hall–Kier alpha value is -2.17. The van der Waals surface area contributed by atoms with Gasteiger partial charge in [0.25, 0.3) is 0 Å². The average Bonchev–Trinajstić information content (AvgIpc) is 2.99. The van der Waals surface area contributed by atoms with Gasteiger partial charge in [0.2, 0.25) is 10.0 Å². The second kappa shape index (κ2) is 7.10. The van der Waals surface area contributed by atoms with Crippen LogP contribution >= 0.6 is 11.8 Å². The van der Waals surface area contributed by atoms with Gasteiger partial charge in [-0.3, -0.25) is 0 Å². The zero-order valence-electron chi connectivity index (χ0n) is 14.3. The van der Waals surface area contributed by atoms with Crippen LogP contribution in [0, 0.1) is 5.82 Å². The fourth-order valence-electron chi connectivity index (χ4n) is 2.95. The molecule has 0 amide bonds. The summed E-state index contributed by atoms with van der Waals surface area (Å²) in [5.74, 6) is 1.17. The van der Waals surface area contributed by atoms with Gasteiger partial charge >= 0.3 is 5.69 Å². The van der Waals surface area contributed by atoms with Crippen molar-refractivity contribution in [1.82, 2.24) is 18.5 Å². The molecule has 0 saturated carbocycles. The lowest BCUT2D eigenvalue weighted by atomic mass is 10.2. The quantitative estimate of drug-likeness (QED) is 0.653. The first kappa shape index (κ1) is 18.2. The molecule has 0 aliphatic carbocycles. The van der Waals surface area contributed by atoms with E-state index in [4.69, 9.17) is 0 Å². The highest BCUT2D eigenvalue weighted by molar-refractivity contribution is 7.99. The predicted molar refractivity (Wildman–Crippen MR) is 101 cm³/mol. The maximum Gasteiger partial charge on any atom is 0.350 e. The van der Waals surface area contributed by atoms with E-state index in [1.54, 1.807) is 23.9 Å². The Morgan fingerprint density at radius 2 is 1.78 bits per heavy atom. The third-order valence-electron chi connectivity index (χ3n) is 4.40. The Morgan fingerprint density at radius 3 is 2.48 bits per heavy atom. The summed E-state index contributed by atoms with van der Waals surface area (Å²) in [5, 5.41) is 4.23. The summed E-state index contributed by atoms with van der Waals surface area (Å²) < 4.78 is 42.6. The minimum Gasteiger partial charge on any atom is -0.249 e. The van der Waals surface area contributed by atoms with E-state index in [-0.39, 0.29) is 17.3 Å². The van der Waals surface area contributed by atoms with Gasteiger partial charge in [0.15, 0.2) is 5.65 Å². The Bertz CT molecular complexity index is 1130. The third kappa shape index (κ3) is 3.52. The van der Waals surface area contributed by atoms with Crippen LogP contribution in [0.4, 0.5) is 4.39 Å². The monoisotopic (exact) mass is 408 g/mol. The molecule has 142 valence electrons. The third-order valence-corrected chi connectivity index (χ3v) is 7.23. The fraction of sp³-hybridized carbons (Fsp3) is 0.294. The first-order valence-electron chi connectivity index (χ1n) is 8.37. The molecular formula is C17H17FN4O3S2. The SMILES string of the molecule is O=c1n(Cc2ccc(F)cc2)nc2ccc(S(=O)(=O)N3CCSCC3)cn12. The van der Waals surface area contributed by atoms with E-state index in [0.29, 0.717) is 18.7 Å². The standard InChI is InChI=1S/C17H17FN4O3S2/c18-14-3-1-13(2-4-14)11-22-17(23)21-12-15(5-6-16(21)19-22)27(24,25)20-7-9-26-10-8-20/h1-6,12H,7-11H2. The smallest absolute Gasteiger partial charge is 0.249 e. The molecule has 0 unspecified atom stereocenters. The molecule has 0 radical (unpaired) electrons. The second-order valence-corrected chi connectivity index (χ2v) is 9.34. The van der Waals surface area contributed by atoms with Crippen molar-refractivity contribution in [3.05, 3.63) is 64.5 Å². The van der Waals surface area contributed by atoms with Gasteiger partial charge in [-0.1, -0.05) is 12.1 Å². The second-order valence-electron chi connectivity index (χ2n) is 6.18.